The van der Waals surface area contributed by atoms with Gasteiger partial charge in [-0.15, -0.1) is 0 Å². The SMILES string of the molecule is CCCCCCC(=O)Nc1ccc(OC)c(Cl)c1. The summed E-state index contributed by atoms with van der Waals surface area (Å²) in [5, 5.41) is 3.33. The Balaban J connectivity index is 2.42. The molecule has 1 aromatic carbocycles. The van der Waals surface area contributed by atoms with Gasteiger partial charge in [-0.05, 0) is 24.6 Å². The van der Waals surface area contributed by atoms with E-state index in [-0.39, 0.29) is 5.91 Å². The van der Waals surface area contributed by atoms with Crippen LogP contribution in [0.4, 0.5) is 5.69 Å². The molecular weight excluding hydrogens is 250 g/mol. The number of amides is 1. The molecule has 0 heterocycles. The molecule has 18 heavy (non-hydrogen) atoms. The van der Waals surface area contributed by atoms with E-state index in [9.17, 15) is 4.79 Å². The maximum atomic E-state index is 11.7. The predicted octanol–water partition coefficient (Wildman–Crippen LogP) is 4.26. The minimum absolute atomic E-state index is 0.0346. The first-order chi connectivity index (χ1) is 8.67. The van der Waals surface area contributed by atoms with Crippen LogP contribution in [0.25, 0.3) is 0 Å². The molecule has 0 aliphatic heterocycles. The third-order valence-corrected chi connectivity index (χ3v) is 2.99. The maximum Gasteiger partial charge on any atom is 0.224 e. The third kappa shape index (κ3) is 4.96. The van der Waals surface area contributed by atoms with E-state index in [1.54, 1.807) is 25.3 Å². The summed E-state index contributed by atoms with van der Waals surface area (Å²) in [5.41, 5.74) is 0.710. The first-order valence-corrected chi connectivity index (χ1v) is 6.68. The lowest BCUT2D eigenvalue weighted by Gasteiger charge is -2.08. The molecule has 0 saturated carbocycles. The lowest BCUT2D eigenvalue weighted by atomic mass is 10.1. The van der Waals surface area contributed by atoms with Crippen LogP contribution in [0.3, 0.4) is 0 Å². The van der Waals surface area contributed by atoms with Gasteiger partial charge in [0.15, 0.2) is 0 Å². The molecule has 0 radical (unpaired) electrons. The number of methoxy groups -OCH3 is 1. The first kappa shape index (κ1) is 14.8. The summed E-state index contributed by atoms with van der Waals surface area (Å²) in [4.78, 5) is 11.7. The largest absolute Gasteiger partial charge is 0.495 e. The molecule has 0 spiro atoms. The van der Waals surface area contributed by atoms with E-state index in [0.29, 0.717) is 22.9 Å². The van der Waals surface area contributed by atoms with Crippen molar-refractivity contribution in [3.05, 3.63) is 23.2 Å². The van der Waals surface area contributed by atoms with Crippen LogP contribution in [-0.2, 0) is 4.79 Å². The first-order valence-electron chi connectivity index (χ1n) is 6.30. The minimum Gasteiger partial charge on any atom is -0.495 e. The summed E-state index contributed by atoms with van der Waals surface area (Å²) < 4.78 is 5.05. The molecule has 0 unspecified atom stereocenters. The topological polar surface area (TPSA) is 38.3 Å². The normalized spacial score (nSPS) is 10.2. The van der Waals surface area contributed by atoms with Gasteiger partial charge in [0, 0.05) is 12.1 Å². The monoisotopic (exact) mass is 269 g/mol. The molecule has 1 N–H and O–H groups in total. The van der Waals surface area contributed by atoms with Crippen molar-refractivity contribution in [2.45, 2.75) is 39.0 Å². The number of hydrogen-bond acceptors (Lipinski definition) is 2. The smallest absolute Gasteiger partial charge is 0.224 e. The third-order valence-electron chi connectivity index (χ3n) is 2.69. The highest BCUT2D eigenvalue weighted by Crippen LogP contribution is 2.27. The highest BCUT2D eigenvalue weighted by atomic mass is 35.5. The van der Waals surface area contributed by atoms with E-state index in [0.717, 1.165) is 12.8 Å². The van der Waals surface area contributed by atoms with Crippen molar-refractivity contribution in [3.8, 4) is 5.75 Å². The zero-order chi connectivity index (χ0) is 13.4. The van der Waals surface area contributed by atoms with Crippen molar-refractivity contribution < 1.29 is 9.53 Å². The quantitative estimate of drug-likeness (QED) is 0.751. The second-order valence-electron chi connectivity index (χ2n) is 4.21. The van der Waals surface area contributed by atoms with Gasteiger partial charge in [-0.25, -0.2) is 0 Å². The summed E-state index contributed by atoms with van der Waals surface area (Å²) in [6, 6.07) is 5.23. The zero-order valence-electron chi connectivity index (χ0n) is 11.0. The van der Waals surface area contributed by atoms with Gasteiger partial charge >= 0.3 is 0 Å². The molecule has 0 aliphatic carbocycles. The van der Waals surface area contributed by atoms with Crippen molar-refractivity contribution >= 4 is 23.2 Å². The maximum absolute atomic E-state index is 11.7. The van der Waals surface area contributed by atoms with Gasteiger partial charge in [0.25, 0.3) is 0 Å². The Morgan fingerprint density at radius 2 is 2.11 bits per heavy atom. The van der Waals surface area contributed by atoms with Gasteiger partial charge in [0.2, 0.25) is 5.91 Å². The van der Waals surface area contributed by atoms with Crippen LogP contribution in [0, 0.1) is 0 Å². The van der Waals surface area contributed by atoms with Gasteiger partial charge in [0.1, 0.15) is 5.75 Å². The second kappa shape index (κ2) is 7.98. The van der Waals surface area contributed by atoms with Crippen LogP contribution in [0.1, 0.15) is 39.0 Å². The van der Waals surface area contributed by atoms with Crippen LogP contribution in [0.5, 0.6) is 5.75 Å². The van der Waals surface area contributed by atoms with Crippen molar-refractivity contribution in [2.75, 3.05) is 12.4 Å². The molecule has 100 valence electrons. The Hall–Kier alpha value is -1.22. The summed E-state index contributed by atoms with van der Waals surface area (Å²) in [7, 11) is 1.56. The molecule has 0 atom stereocenters. The summed E-state index contributed by atoms with van der Waals surface area (Å²) in [5.74, 6) is 0.643. The Labute approximate surface area is 113 Å². The lowest BCUT2D eigenvalue weighted by molar-refractivity contribution is -0.116. The zero-order valence-corrected chi connectivity index (χ0v) is 11.7. The molecule has 1 rings (SSSR count). The molecule has 1 aromatic rings. The molecule has 0 aromatic heterocycles. The van der Waals surface area contributed by atoms with E-state index in [1.165, 1.54) is 12.8 Å². The molecule has 3 nitrogen and oxygen atoms in total. The lowest BCUT2D eigenvalue weighted by Crippen LogP contribution is -2.11. The van der Waals surface area contributed by atoms with Crippen molar-refractivity contribution in [1.29, 1.82) is 0 Å². The van der Waals surface area contributed by atoms with Crippen LogP contribution in [0.2, 0.25) is 5.02 Å². The molecule has 0 aliphatic rings. The minimum atomic E-state index is 0.0346. The molecular formula is C14H20ClNO2. The fourth-order valence-corrected chi connectivity index (χ4v) is 1.94. The standard InChI is InChI=1S/C14H20ClNO2/c1-3-4-5-6-7-14(17)16-11-8-9-13(18-2)12(15)10-11/h8-10H,3-7H2,1-2H3,(H,16,17). The summed E-state index contributed by atoms with van der Waals surface area (Å²) in [6.07, 6.45) is 4.96. The molecule has 0 bridgehead atoms. The number of carbonyl (C=O) groups excluding carboxylic acids is 1. The molecule has 4 heteroatoms. The van der Waals surface area contributed by atoms with Gasteiger partial charge < -0.3 is 10.1 Å². The number of benzene rings is 1. The molecule has 0 fully saturated rings. The summed E-state index contributed by atoms with van der Waals surface area (Å²) in [6.45, 7) is 2.15. The number of ether oxygens (including phenoxy) is 1. The molecule has 1 amide bonds. The van der Waals surface area contributed by atoms with Gasteiger partial charge in [-0.3, -0.25) is 4.79 Å². The Morgan fingerprint density at radius 1 is 1.33 bits per heavy atom. The number of halogens is 1. The van der Waals surface area contributed by atoms with Crippen LogP contribution >= 0.6 is 11.6 Å². The Kier molecular flexibility index (Phi) is 6.58. The number of carbonyl (C=O) groups is 1. The van der Waals surface area contributed by atoms with E-state index in [4.69, 9.17) is 16.3 Å². The Bertz CT molecular complexity index is 393. The van der Waals surface area contributed by atoms with Crippen LogP contribution in [0.15, 0.2) is 18.2 Å². The second-order valence-corrected chi connectivity index (χ2v) is 4.62. The average molecular weight is 270 g/mol. The highest BCUT2D eigenvalue weighted by Gasteiger charge is 2.05. The predicted molar refractivity (Wildman–Crippen MR) is 75.4 cm³/mol. The van der Waals surface area contributed by atoms with Crippen molar-refractivity contribution in [3.63, 3.8) is 0 Å². The van der Waals surface area contributed by atoms with Gasteiger partial charge in [-0.2, -0.15) is 0 Å². The fraction of sp³-hybridized carbons (Fsp3) is 0.500. The molecule has 0 saturated heterocycles. The highest BCUT2D eigenvalue weighted by molar-refractivity contribution is 6.32. The van der Waals surface area contributed by atoms with Crippen LogP contribution < -0.4 is 10.1 Å². The summed E-state index contributed by atoms with van der Waals surface area (Å²) >= 11 is 5.98. The number of nitrogens with one attached hydrogen (secondary N) is 1. The van der Waals surface area contributed by atoms with Gasteiger partial charge in [0.05, 0.1) is 12.1 Å². The van der Waals surface area contributed by atoms with Crippen molar-refractivity contribution in [2.24, 2.45) is 0 Å². The number of hydrogen-bond donors (Lipinski definition) is 1. The Morgan fingerprint density at radius 3 is 2.72 bits per heavy atom. The van der Waals surface area contributed by atoms with E-state index in [1.807, 2.05) is 0 Å². The van der Waals surface area contributed by atoms with E-state index >= 15 is 0 Å². The number of rotatable bonds is 7. The van der Waals surface area contributed by atoms with Crippen LogP contribution in [-0.4, -0.2) is 13.0 Å². The number of anilines is 1. The average Bonchev–Trinajstić information content (AvgIpc) is 2.35. The van der Waals surface area contributed by atoms with E-state index in [2.05, 4.69) is 12.2 Å². The van der Waals surface area contributed by atoms with Gasteiger partial charge in [-0.1, -0.05) is 37.8 Å². The number of unbranched alkanes of at least 4 members (excludes halogenated alkanes) is 3. The fourth-order valence-electron chi connectivity index (χ4n) is 1.68. The van der Waals surface area contributed by atoms with E-state index < -0.39 is 0 Å². The van der Waals surface area contributed by atoms with Crippen molar-refractivity contribution in [1.82, 2.24) is 0 Å².